The highest BCUT2D eigenvalue weighted by atomic mass is 16.5. The lowest BCUT2D eigenvalue weighted by molar-refractivity contribution is -0.0611. The van der Waals surface area contributed by atoms with Gasteiger partial charge in [-0.1, -0.05) is 24.3 Å². The van der Waals surface area contributed by atoms with Gasteiger partial charge in [0, 0.05) is 17.2 Å². The minimum absolute atomic E-state index is 0.324. The lowest BCUT2D eigenvalue weighted by atomic mass is 10.0. The molecule has 0 saturated carbocycles. The molecule has 1 atom stereocenters. The molecule has 2 aromatic rings. The van der Waals surface area contributed by atoms with E-state index in [4.69, 9.17) is 5.73 Å². The van der Waals surface area contributed by atoms with E-state index in [1.165, 1.54) is 6.42 Å². The van der Waals surface area contributed by atoms with Crippen LogP contribution in [0.4, 0.5) is 0 Å². The second-order valence-corrected chi connectivity index (χ2v) is 7.01. The van der Waals surface area contributed by atoms with Crippen LogP contribution in [0.15, 0.2) is 48.5 Å². The van der Waals surface area contributed by atoms with Gasteiger partial charge in [-0.2, -0.15) is 0 Å². The molecule has 2 aromatic carbocycles. The molecule has 1 aliphatic heterocycles. The Morgan fingerprint density at radius 3 is 2.11 bits per heavy atom. The number of carbonyl (C=O) groups is 2. The van der Waals surface area contributed by atoms with Crippen molar-refractivity contribution < 1.29 is 14.8 Å². The van der Waals surface area contributed by atoms with Gasteiger partial charge in [-0.05, 0) is 68.2 Å². The molecule has 1 fully saturated rings. The van der Waals surface area contributed by atoms with Crippen molar-refractivity contribution in [3.05, 3.63) is 59.7 Å². The molecule has 6 nitrogen and oxygen atoms in total. The summed E-state index contributed by atoms with van der Waals surface area (Å²) in [6.07, 6.45) is 3.05. The largest absolute Gasteiger partial charge is 0.366 e. The fourth-order valence-corrected chi connectivity index (χ4v) is 3.50. The Kier molecular flexibility index (Phi) is 5.88. The minimum atomic E-state index is -0.464. The summed E-state index contributed by atoms with van der Waals surface area (Å²) in [4.78, 5) is 25.8. The molecule has 3 rings (SSSR count). The van der Waals surface area contributed by atoms with E-state index in [0.29, 0.717) is 23.7 Å². The number of likely N-dealkylation sites (tertiary alicyclic amines) is 1. The van der Waals surface area contributed by atoms with Crippen molar-refractivity contribution in [2.75, 3.05) is 20.1 Å². The first-order chi connectivity index (χ1) is 13.0. The van der Waals surface area contributed by atoms with E-state index < -0.39 is 11.8 Å². The van der Waals surface area contributed by atoms with E-state index in [0.717, 1.165) is 35.6 Å². The van der Waals surface area contributed by atoms with Crippen molar-refractivity contribution in [2.24, 2.45) is 5.73 Å². The lowest BCUT2D eigenvalue weighted by Crippen LogP contribution is -2.33. The standard InChI is InChI=1S/C21H25N3O3/c1-23-13-2-3-19(23)12-14-24(27)21(26)18-10-6-16(7-11-18)15-4-8-17(9-5-15)20(22)25/h4-11,19,27H,2-3,12-14H2,1H3,(H2,22,25). The van der Waals surface area contributed by atoms with Crippen LogP contribution in [-0.4, -0.2) is 53.2 Å². The van der Waals surface area contributed by atoms with Crippen LogP contribution in [0.25, 0.3) is 11.1 Å². The maximum absolute atomic E-state index is 12.4. The fraction of sp³-hybridized carbons (Fsp3) is 0.333. The van der Waals surface area contributed by atoms with Crippen LogP contribution in [0.1, 0.15) is 40.0 Å². The predicted octanol–water partition coefficient (Wildman–Crippen LogP) is 2.77. The van der Waals surface area contributed by atoms with Crippen LogP contribution in [-0.2, 0) is 0 Å². The number of hydrogen-bond donors (Lipinski definition) is 2. The van der Waals surface area contributed by atoms with E-state index in [9.17, 15) is 14.8 Å². The van der Waals surface area contributed by atoms with Crippen LogP contribution in [0.5, 0.6) is 0 Å². The van der Waals surface area contributed by atoms with Crippen LogP contribution < -0.4 is 5.73 Å². The summed E-state index contributed by atoms with van der Waals surface area (Å²) in [5.74, 6) is -0.861. The SMILES string of the molecule is CN1CCCC1CCN(O)C(=O)c1ccc(-c2ccc(C(N)=O)cc2)cc1. The zero-order valence-corrected chi connectivity index (χ0v) is 15.5. The second kappa shape index (κ2) is 8.33. The summed E-state index contributed by atoms with van der Waals surface area (Å²) in [6.45, 7) is 1.40. The van der Waals surface area contributed by atoms with E-state index in [1.54, 1.807) is 24.3 Å². The van der Waals surface area contributed by atoms with Crippen molar-refractivity contribution in [2.45, 2.75) is 25.3 Å². The van der Waals surface area contributed by atoms with Gasteiger partial charge < -0.3 is 10.6 Å². The lowest BCUT2D eigenvalue weighted by Gasteiger charge is -2.22. The molecule has 2 amide bonds. The number of benzene rings is 2. The Bertz CT molecular complexity index is 802. The van der Waals surface area contributed by atoms with Gasteiger partial charge >= 0.3 is 0 Å². The number of primary amides is 1. The number of hydrogen-bond acceptors (Lipinski definition) is 4. The third kappa shape index (κ3) is 4.53. The van der Waals surface area contributed by atoms with Gasteiger partial charge in [0.1, 0.15) is 0 Å². The monoisotopic (exact) mass is 367 g/mol. The highest BCUT2D eigenvalue weighted by molar-refractivity contribution is 5.94. The molecule has 6 heteroatoms. The molecule has 142 valence electrons. The van der Waals surface area contributed by atoms with Crippen LogP contribution in [0.2, 0.25) is 0 Å². The summed E-state index contributed by atoms with van der Waals surface area (Å²) in [5, 5.41) is 10.9. The third-order valence-corrected chi connectivity index (χ3v) is 5.21. The topological polar surface area (TPSA) is 86.9 Å². The summed E-state index contributed by atoms with van der Waals surface area (Å²) in [6, 6.07) is 14.4. The van der Waals surface area contributed by atoms with Gasteiger partial charge in [-0.25, -0.2) is 5.06 Å². The number of nitrogens with zero attached hydrogens (tertiary/aromatic N) is 2. The molecular formula is C21H25N3O3. The molecule has 0 bridgehead atoms. The normalized spacial score (nSPS) is 17.0. The van der Waals surface area contributed by atoms with Crippen molar-refractivity contribution in [3.8, 4) is 11.1 Å². The number of hydroxylamine groups is 2. The maximum atomic E-state index is 12.4. The van der Waals surface area contributed by atoms with Crippen molar-refractivity contribution >= 4 is 11.8 Å². The second-order valence-electron chi connectivity index (χ2n) is 7.01. The zero-order chi connectivity index (χ0) is 19.4. The van der Waals surface area contributed by atoms with Gasteiger partial charge in [0.05, 0.1) is 6.54 Å². The fourth-order valence-electron chi connectivity index (χ4n) is 3.50. The summed E-state index contributed by atoms with van der Waals surface area (Å²) >= 11 is 0. The van der Waals surface area contributed by atoms with E-state index >= 15 is 0 Å². The highest BCUT2D eigenvalue weighted by Gasteiger charge is 2.22. The van der Waals surface area contributed by atoms with Crippen LogP contribution >= 0.6 is 0 Å². The van der Waals surface area contributed by atoms with Crippen LogP contribution in [0, 0.1) is 0 Å². The Hall–Kier alpha value is -2.70. The quantitative estimate of drug-likeness (QED) is 0.607. The molecule has 1 heterocycles. The minimum Gasteiger partial charge on any atom is -0.366 e. The Morgan fingerprint density at radius 1 is 1.07 bits per heavy atom. The van der Waals surface area contributed by atoms with E-state index in [-0.39, 0.29) is 0 Å². The van der Waals surface area contributed by atoms with Crippen molar-refractivity contribution in [1.82, 2.24) is 9.96 Å². The smallest absolute Gasteiger partial charge is 0.277 e. The number of nitrogens with two attached hydrogens (primary N) is 1. The van der Waals surface area contributed by atoms with E-state index in [2.05, 4.69) is 11.9 Å². The highest BCUT2D eigenvalue weighted by Crippen LogP contribution is 2.21. The molecule has 1 aliphatic rings. The molecular weight excluding hydrogens is 342 g/mol. The summed E-state index contributed by atoms with van der Waals surface area (Å²) in [5.41, 5.74) is 7.98. The Labute approximate surface area is 159 Å². The number of rotatable bonds is 6. The van der Waals surface area contributed by atoms with Gasteiger partial charge in [0.2, 0.25) is 5.91 Å². The number of carbonyl (C=O) groups excluding carboxylic acids is 2. The molecule has 3 N–H and O–H groups in total. The first-order valence-electron chi connectivity index (χ1n) is 9.17. The zero-order valence-electron chi connectivity index (χ0n) is 15.5. The Balaban J connectivity index is 1.61. The summed E-state index contributed by atoms with van der Waals surface area (Å²) < 4.78 is 0. The van der Waals surface area contributed by atoms with Gasteiger partial charge in [0.15, 0.2) is 0 Å². The number of amides is 2. The molecule has 1 saturated heterocycles. The molecule has 0 aromatic heterocycles. The molecule has 1 unspecified atom stereocenters. The average Bonchev–Trinajstić information content (AvgIpc) is 3.10. The van der Waals surface area contributed by atoms with Crippen molar-refractivity contribution in [1.29, 1.82) is 0 Å². The maximum Gasteiger partial charge on any atom is 0.277 e. The van der Waals surface area contributed by atoms with Crippen LogP contribution in [0.3, 0.4) is 0 Å². The molecule has 0 aliphatic carbocycles. The molecule has 0 radical (unpaired) electrons. The third-order valence-electron chi connectivity index (χ3n) is 5.21. The molecule has 27 heavy (non-hydrogen) atoms. The molecule has 0 spiro atoms. The first-order valence-corrected chi connectivity index (χ1v) is 9.17. The van der Waals surface area contributed by atoms with Crippen molar-refractivity contribution in [3.63, 3.8) is 0 Å². The van der Waals surface area contributed by atoms with Gasteiger partial charge in [-0.15, -0.1) is 0 Å². The predicted molar refractivity (Wildman–Crippen MR) is 103 cm³/mol. The first kappa shape index (κ1) is 19.1. The van der Waals surface area contributed by atoms with E-state index in [1.807, 2.05) is 24.3 Å². The Morgan fingerprint density at radius 2 is 1.63 bits per heavy atom. The van der Waals surface area contributed by atoms with Gasteiger partial charge in [0.25, 0.3) is 5.91 Å². The van der Waals surface area contributed by atoms with Gasteiger partial charge in [-0.3, -0.25) is 14.8 Å². The summed E-state index contributed by atoms with van der Waals surface area (Å²) in [7, 11) is 2.08. The average molecular weight is 367 g/mol.